The van der Waals surface area contributed by atoms with E-state index in [-0.39, 0.29) is 5.97 Å². The summed E-state index contributed by atoms with van der Waals surface area (Å²) in [5.41, 5.74) is 0. The normalized spacial score (nSPS) is 17.7. The number of hydrogen-bond acceptors (Lipinski definition) is 2. The lowest BCUT2D eigenvalue weighted by Crippen LogP contribution is -2.14. The predicted molar refractivity (Wildman–Crippen MR) is 70.6 cm³/mol. The largest absolute Gasteiger partial charge is 0.465 e. The number of rotatable bonds is 7. The molecule has 0 amide bonds. The SMILES string of the molecule is CCCCC[CH]C(=O)OCC1CCCCCC1. The highest BCUT2D eigenvalue weighted by molar-refractivity contribution is 5.78. The van der Waals surface area contributed by atoms with Crippen molar-refractivity contribution in [1.82, 2.24) is 0 Å². The number of unbranched alkanes of at least 4 members (excludes halogenated alkanes) is 3. The molecule has 0 unspecified atom stereocenters. The van der Waals surface area contributed by atoms with Gasteiger partial charge in [-0.3, -0.25) is 4.79 Å². The minimum atomic E-state index is -0.106. The second kappa shape index (κ2) is 9.49. The van der Waals surface area contributed by atoms with Crippen molar-refractivity contribution in [2.24, 2.45) is 5.92 Å². The van der Waals surface area contributed by atoms with E-state index in [2.05, 4.69) is 6.92 Å². The van der Waals surface area contributed by atoms with Crippen molar-refractivity contribution in [3.05, 3.63) is 6.42 Å². The minimum absolute atomic E-state index is 0.106. The summed E-state index contributed by atoms with van der Waals surface area (Å²) in [6.07, 6.45) is 13.9. The van der Waals surface area contributed by atoms with Crippen molar-refractivity contribution in [3.8, 4) is 0 Å². The average Bonchev–Trinajstić information content (AvgIpc) is 2.60. The maximum atomic E-state index is 11.5. The first-order valence-electron chi connectivity index (χ1n) is 7.33. The van der Waals surface area contributed by atoms with Gasteiger partial charge in [-0.05, 0) is 25.2 Å². The average molecular weight is 239 g/mol. The van der Waals surface area contributed by atoms with Gasteiger partial charge in [0.05, 0.1) is 13.0 Å². The van der Waals surface area contributed by atoms with E-state index in [9.17, 15) is 4.79 Å². The van der Waals surface area contributed by atoms with Crippen molar-refractivity contribution in [1.29, 1.82) is 0 Å². The molecule has 1 radical (unpaired) electrons. The number of carbonyl (C=O) groups is 1. The van der Waals surface area contributed by atoms with Gasteiger partial charge in [-0.15, -0.1) is 0 Å². The lowest BCUT2D eigenvalue weighted by atomic mass is 10.0. The number of carbonyl (C=O) groups excluding carboxylic acids is 1. The topological polar surface area (TPSA) is 26.3 Å². The monoisotopic (exact) mass is 239 g/mol. The molecule has 0 bridgehead atoms. The van der Waals surface area contributed by atoms with Crippen LogP contribution < -0.4 is 0 Å². The molecule has 0 aromatic rings. The third kappa shape index (κ3) is 7.40. The van der Waals surface area contributed by atoms with Crippen LogP contribution in [0.15, 0.2) is 0 Å². The van der Waals surface area contributed by atoms with Crippen LogP contribution >= 0.6 is 0 Å². The first kappa shape index (κ1) is 14.5. The molecule has 1 aliphatic carbocycles. The highest BCUT2D eigenvalue weighted by atomic mass is 16.5. The molecule has 17 heavy (non-hydrogen) atoms. The molecule has 0 heterocycles. The molecule has 1 aliphatic rings. The van der Waals surface area contributed by atoms with E-state index in [1.54, 1.807) is 6.42 Å². The fourth-order valence-electron chi connectivity index (χ4n) is 2.40. The predicted octanol–water partition coefficient (Wildman–Crippen LogP) is 4.28. The molecular weight excluding hydrogens is 212 g/mol. The second-order valence-corrected chi connectivity index (χ2v) is 5.19. The molecule has 0 saturated heterocycles. The Morgan fingerprint density at radius 2 is 1.88 bits per heavy atom. The Kier molecular flexibility index (Phi) is 8.12. The summed E-state index contributed by atoms with van der Waals surface area (Å²) < 4.78 is 5.32. The van der Waals surface area contributed by atoms with Gasteiger partial charge in [-0.2, -0.15) is 0 Å². The van der Waals surface area contributed by atoms with Gasteiger partial charge in [0.25, 0.3) is 0 Å². The first-order chi connectivity index (χ1) is 8.33. The van der Waals surface area contributed by atoms with Gasteiger partial charge >= 0.3 is 5.97 Å². The van der Waals surface area contributed by atoms with Crippen molar-refractivity contribution in [2.75, 3.05) is 6.61 Å². The van der Waals surface area contributed by atoms with Crippen LogP contribution in [0.3, 0.4) is 0 Å². The van der Waals surface area contributed by atoms with Gasteiger partial charge in [-0.25, -0.2) is 0 Å². The second-order valence-electron chi connectivity index (χ2n) is 5.19. The van der Waals surface area contributed by atoms with E-state index in [0.29, 0.717) is 12.5 Å². The first-order valence-corrected chi connectivity index (χ1v) is 7.33. The van der Waals surface area contributed by atoms with Crippen molar-refractivity contribution < 1.29 is 9.53 Å². The van der Waals surface area contributed by atoms with Crippen LogP contribution in [0, 0.1) is 12.3 Å². The van der Waals surface area contributed by atoms with E-state index in [0.717, 1.165) is 12.8 Å². The molecule has 1 rings (SSSR count). The molecule has 2 nitrogen and oxygen atoms in total. The van der Waals surface area contributed by atoms with Crippen molar-refractivity contribution >= 4 is 5.97 Å². The summed E-state index contributed by atoms with van der Waals surface area (Å²) in [4.78, 5) is 11.5. The Balaban J connectivity index is 2.01. The molecule has 2 heteroatoms. The quantitative estimate of drug-likeness (QED) is 0.376. The van der Waals surface area contributed by atoms with Crippen LogP contribution in [0.5, 0.6) is 0 Å². The van der Waals surface area contributed by atoms with Crippen molar-refractivity contribution in [3.63, 3.8) is 0 Å². The number of esters is 1. The molecule has 0 aromatic heterocycles. The molecule has 1 saturated carbocycles. The van der Waals surface area contributed by atoms with Gasteiger partial charge < -0.3 is 4.74 Å². The smallest absolute Gasteiger partial charge is 0.309 e. The molecule has 0 N–H and O–H groups in total. The van der Waals surface area contributed by atoms with E-state index < -0.39 is 0 Å². The molecule has 0 aliphatic heterocycles. The summed E-state index contributed by atoms with van der Waals surface area (Å²) in [5.74, 6) is 0.510. The fourth-order valence-corrected chi connectivity index (χ4v) is 2.40. The highest BCUT2D eigenvalue weighted by Gasteiger charge is 2.14. The van der Waals surface area contributed by atoms with Crippen LogP contribution in [-0.2, 0) is 9.53 Å². The third-order valence-corrected chi connectivity index (χ3v) is 3.55. The van der Waals surface area contributed by atoms with Crippen LogP contribution in [-0.4, -0.2) is 12.6 Å². The van der Waals surface area contributed by atoms with Crippen LogP contribution in [0.25, 0.3) is 0 Å². The summed E-state index contributed by atoms with van der Waals surface area (Å²) in [6.45, 7) is 2.81. The molecule has 0 spiro atoms. The standard InChI is InChI=1S/C15H27O2/c1-2-3-4-9-12-15(16)17-13-14-10-7-5-6-8-11-14/h12,14H,2-11,13H2,1H3. The van der Waals surface area contributed by atoms with E-state index in [1.165, 1.54) is 51.4 Å². The maximum Gasteiger partial charge on any atom is 0.309 e. The lowest BCUT2D eigenvalue weighted by Gasteiger charge is -2.13. The Morgan fingerprint density at radius 3 is 2.53 bits per heavy atom. The van der Waals surface area contributed by atoms with E-state index in [4.69, 9.17) is 4.74 Å². The highest BCUT2D eigenvalue weighted by Crippen LogP contribution is 2.23. The zero-order valence-electron chi connectivity index (χ0n) is 11.2. The van der Waals surface area contributed by atoms with Gasteiger partial charge in [0, 0.05) is 0 Å². The number of ether oxygens (including phenoxy) is 1. The lowest BCUT2D eigenvalue weighted by molar-refractivity contribution is -0.141. The van der Waals surface area contributed by atoms with Crippen LogP contribution in [0.2, 0.25) is 0 Å². The molecular formula is C15H27O2. The summed E-state index contributed by atoms with van der Waals surface area (Å²) >= 11 is 0. The van der Waals surface area contributed by atoms with E-state index >= 15 is 0 Å². The minimum Gasteiger partial charge on any atom is -0.465 e. The summed E-state index contributed by atoms with van der Waals surface area (Å²) in [7, 11) is 0. The molecule has 1 fully saturated rings. The summed E-state index contributed by atoms with van der Waals surface area (Å²) in [5, 5.41) is 0. The summed E-state index contributed by atoms with van der Waals surface area (Å²) in [6, 6.07) is 0. The third-order valence-electron chi connectivity index (χ3n) is 3.55. The molecule has 99 valence electrons. The van der Waals surface area contributed by atoms with Crippen LogP contribution in [0.4, 0.5) is 0 Å². The molecule has 0 atom stereocenters. The van der Waals surface area contributed by atoms with Gasteiger partial charge in [-0.1, -0.05) is 51.9 Å². The van der Waals surface area contributed by atoms with Crippen molar-refractivity contribution in [2.45, 2.75) is 71.1 Å². The zero-order chi connectivity index (χ0) is 12.3. The Morgan fingerprint density at radius 1 is 1.18 bits per heavy atom. The van der Waals surface area contributed by atoms with Crippen LogP contribution in [0.1, 0.15) is 71.1 Å². The van der Waals surface area contributed by atoms with Gasteiger partial charge in [0.2, 0.25) is 0 Å². The Hall–Kier alpha value is -0.530. The number of hydrogen-bond donors (Lipinski definition) is 0. The zero-order valence-corrected chi connectivity index (χ0v) is 11.2. The Labute approximate surface area is 106 Å². The molecule has 0 aromatic carbocycles. The van der Waals surface area contributed by atoms with Gasteiger partial charge in [0.15, 0.2) is 0 Å². The Bertz CT molecular complexity index is 193. The maximum absolute atomic E-state index is 11.5. The van der Waals surface area contributed by atoms with E-state index in [1.807, 2.05) is 0 Å². The van der Waals surface area contributed by atoms with Gasteiger partial charge in [0.1, 0.15) is 0 Å². The fraction of sp³-hybridized carbons (Fsp3) is 0.867.